The molecule has 1 aliphatic rings. The molecule has 0 radical (unpaired) electrons. The lowest BCUT2D eigenvalue weighted by atomic mass is 9.81. The van der Waals surface area contributed by atoms with Gasteiger partial charge in [-0.05, 0) is 47.8 Å². The van der Waals surface area contributed by atoms with Gasteiger partial charge in [0.05, 0.1) is 16.7 Å². The Morgan fingerprint density at radius 1 is 1.16 bits per heavy atom. The average Bonchev–Trinajstić information content (AvgIpc) is 2.57. The molecule has 1 aromatic carbocycles. The van der Waals surface area contributed by atoms with Crippen LogP contribution in [0, 0.1) is 23.5 Å². The number of ether oxygens (including phenoxy) is 1. The molecular formula is C14H18BrF2NO. The minimum absolute atomic E-state index is 0.0231. The van der Waals surface area contributed by atoms with Crippen LogP contribution in [0.1, 0.15) is 32.4 Å². The highest BCUT2D eigenvalue weighted by atomic mass is 79.9. The average molecular weight is 334 g/mol. The summed E-state index contributed by atoms with van der Waals surface area (Å²) in [5.74, 6) is -0.806. The number of nitrogens with two attached hydrogens (primary N) is 1. The molecule has 1 aliphatic heterocycles. The van der Waals surface area contributed by atoms with Crippen molar-refractivity contribution < 1.29 is 13.5 Å². The van der Waals surface area contributed by atoms with Gasteiger partial charge < -0.3 is 10.5 Å². The van der Waals surface area contributed by atoms with Crippen molar-refractivity contribution in [3.8, 4) is 0 Å². The predicted molar refractivity (Wildman–Crippen MR) is 73.6 cm³/mol. The van der Waals surface area contributed by atoms with Gasteiger partial charge in [-0.2, -0.15) is 0 Å². The first-order valence-corrected chi connectivity index (χ1v) is 7.17. The van der Waals surface area contributed by atoms with E-state index in [1.165, 1.54) is 6.07 Å². The third-order valence-corrected chi connectivity index (χ3v) is 4.74. The molecule has 0 saturated carbocycles. The second-order valence-corrected chi connectivity index (χ2v) is 6.15. The molecule has 106 valence electrons. The summed E-state index contributed by atoms with van der Waals surface area (Å²) >= 11 is 2.97. The fraction of sp³-hybridized carbons (Fsp3) is 0.571. The van der Waals surface area contributed by atoms with Crippen molar-refractivity contribution in [1.82, 2.24) is 0 Å². The molecule has 5 atom stereocenters. The van der Waals surface area contributed by atoms with Crippen LogP contribution in [-0.4, -0.2) is 12.2 Å². The van der Waals surface area contributed by atoms with Gasteiger partial charge >= 0.3 is 0 Å². The number of halogens is 3. The highest BCUT2D eigenvalue weighted by Gasteiger charge is 2.41. The second-order valence-electron chi connectivity index (χ2n) is 5.30. The molecule has 0 aliphatic carbocycles. The van der Waals surface area contributed by atoms with E-state index in [4.69, 9.17) is 10.5 Å². The van der Waals surface area contributed by atoms with Gasteiger partial charge in [0.15, 0.2) is 0 Å². The zero-order valence-electron chi connectivity index (χ0n) is 11.2. The molecule has 5 heteroatoms. The van der Waals surface area contributed by atoms with Crippen molar-refractivity contribution in [3.05, 3.63) is 33.8 Å². The number of hydrogen-bond donors (Lipinski definition) is 1. The molecule has 19 heavy (non-hydrogen) atoms. The van der Waals surface area contributed by atoms with E-state index < -0.39 is 17.7 Å². The van der Waals surface area contributed by atoms with Crippen molar-refractivity contribution in [3.63, 3.8) is 0 Å². The summed E-state index contributed by atoms with van der Waals surface area (Å²) in [5.41, 5.74) is 6.37. The van der Waals surface area contributed by atoms with Crippen LogP contribution in [0.2, 0.25) is 0 Å². The van der Waals surface area contributed by atoms with E-state index in [9.17, 15) is 8.78 Å². The predicted octanol–water partition coefficient (Wildman–Crippen LogP) is 3.79. The van der Waals surface area contributed by atoms with Crippen molar-refractivity contribution in [1.29, 1.82) is 0 Å². The van der Waals surface area contributed by atoms with Gasteiger partial charge in [-0.3, -0.25) is 0 Å². The van der Waals surface area contributed by atoms with Crippen LogP contribution >= 0.6 is 15.9 Å². The third-order valence-electron chi connectivity index (χ3n) is 4.13. The normalized spacial score (nSPS) is 32.6. The molecular weight excluding hydrogens is 316 g/mol. The SMILES string of the molecule is CC1OC(C)C(C(N)c2cc(F)c(Br)cc2F)C1C. The van der Waals surface area contributed by atoms with Crippen molar-refractivity contribution >= 4 is 15.9 Å². The van der Waals surface area contributed by atoms with E-state index in [1.54, 1.807) is 0 Å². The zero-order chi connectivity index (χ0) is 14.3. The van der Waals surface area contributed by atoms with Gasteiger partial charge in [0.2, 0.25) is 0 Å². The molecule has 1 aromatic rings. The van der Waals surface area contributed by atoms with Gasteiger partial charge in [0.1, 0.15) is 11.6 Å². The van der Waals surface area contributed by atoms with Gasteiger partial charge in [-0.15, -0.1) is 0 Å². The first kappa shape index (κ1) is 14.9. The maximum atomic E-state index is 14.0. The van der Waals surface area contributed by atoms with Crippen molar-refractivity contribution in [2.45, 2.75) is 39.0 Å². The maximum absolute atomic E-state index is 14.0. The van der Waals surface area contributed by atoms with Crippen LogP contribution in [0.5, 0.6) is 0 Å². The maximum Gasteiger partial charge on any atom is 0.137 e. The molecule has 1 saturated heterocycles. The van der Waals surface area contributed by atoms with Crippen molar-refractivity contribution in [2.24, 2.45) is 17.6 Å². The van der Waals surface area contributed by atoms with E-state index in [0.29, 0.717) is 0 Å². The molecule has 0 aromatic heterocycles. The molecule has 2 rings (SSSR count). The molecule has 1 fully saturated rings. The fourth-order valence-electron chi connectivity index (χ4n) is 2.91. The van der Waals surface area contributed by atoms with Gasteiger partial charge in [0, 0.05) is 17.5 Å². The Labute approximate surface area is 120 Å². The Bertz CT molecular complexity index is 483. The Balaban J connectivity index is 2.34. The molecule has 5 unspecified atom stereocenters. The monoisotopic (exact) mass is 333 g/mol. The summed E-state index contributed by atoms with van der Waals surface area (Å²) in [4.78, 5) is 0. The quantitative estimate of drug-likeness (QED) is 0.836. The highest BCUT2D eigenvalue weighted by molar-refractivity contribution is 9.10. The second kappa shape index (κ2) is 5.46. The zero-order valence-corrected chi connectivity index (χ0v) is 12.7. The van der Waals surface area contributed by atoms with E-state index in [2.05, 4.69) is 15.9 Å². The smallest absolute Gasteiger partial charge is 0.137 e. The largest absolute Gasteiger partial charge is 0.375 e. The van der Waals surface area contributed by atoms with E-state index in [0.717, 1.165) is 6.07 Å². The van der Waals surface area contributed by atoms with Gasteiger partial charge in [0.25, 0.3) is 0 Å². The lowest BCUT2D eigenvalue weighted by molar-refractivity contribution is 0.0488. The van der Waals surface area contributed by atoms with Crippen LogP contribution < -0.4 is 5.73 Å². The molecule has 2 nitrogen and oxygen atoms in total. The minimum atomic E-state index is -0.572. The first-order valence-electron chi connectivity index (χ1n) is 6.38. The lowest BCUT2D eigenvalue weighted by Crippen LogP contribution is -2.31. The summed E-state index contributed by atoms with van der Waals surface area (Å²) in [6, 6.07) is 1.73. The molecule has 1 heterocycles. The molecule has 0 bridgehead atoms. The van der Waals surface area contributed by atoms with E-state index in [1.807, 2.05) is 20.8 Å². The first-order chi connectivity index (χ1) is 8.82. The minimum Gasteiger partial charge on any atom is -0.375 e. The summed E-state index contributed by atoms with van der Waals surface area (Å²) in [6.07, 6.45) is 0.0144. The van der Waals surface area contributed by atoms with Crippen LogP contribution in [0.4, 0.5) is 8.78 Å². The Morgan fingerprint density at radius 2 is 1.79 bits per heavy atom. The highest BCUT2D eigenvalue weighted by Crippen LogP contribution is 2.40. The Morgan fingerprint density at radius 3 is 2.32 bits per heavy atom. The Kier molecular flexibility index (Phi) is 4.28. The topological polar surface area (TPSA) is 35.2 Å². The molecule has 2 N–H and O–H groups in total. The third kappa shape index (κ3) is 2.69. The van der Waals surface area contributed by atoms with Gasteiger partial charge in [-0.25, -0.2) is 8.78 Å². The van der Waals surface area contributed by atoms with Gasteiger partial charge in [-0.1, -0.05) is 6.92 Å². The van der Waals surface area contributed by atoms with Crippen LogP contribution in [-0.2, 0) is 4.74 Å². The van der Waals surface area contributed by atoms with Crippen LogP contribution in [0.25, 0.3) is 0 Å². The van der Waals surface area contributed by atoms with Crippen LogP contribution in [0.3, 0.4) is 0 Å². The summed E-state index contributed by atoms with van der Waals surface area (Å²) < 4.78 is 33.4. The fourth-order valence-corrected chi connectivity index (χ4v) is 3.23. The molecule has 0 amide bonds. The number of hydrogen-bond acceptors (Lipinski definition) is 2. The number of rotatable bonds is 2. The van der Waals surface area contributed by atoms with Crippen molar-refractivity contribution in [2.75, 3.05) is 0 Å². The van der Waals surface area contributed by atoms with E-state index >= 15 is 0 Å². The van der Waals surface area contributed by atoms with E-state index in [-0.39, 0.29) is 34.1 Å². The number of benzene rings is 1. The lowest BCUT2D eigenvalue weighted by Gasteiger charge is -2.26. The van der Waals surface area contributed by atoms with Crippen LogP contribution in [0.15, 0.2) is 16.6 Å². The summed E-state index contributed by atoms with van der Waals surface area (Å²) in [5, 5.41) is 0. The Hall–Kier alpha value is -0.520. The summed E-state index contributed by atoms with van der Waals surface area (Å²) in [7, 11) is 0. The molecule has 0 spiro atoms. The summed E-state index contributed by atoms with van der Waals surface area (Å²) in [6.45, 7) is 5.94. The standard InChI is InChI=1S/C14H18BrF2NO/c1-6-7(2)19-8(3)13(6)14(18)9-4-12(17)10(15)5-11(9)16/h4-8,13-14H,18H2,1-3H3.